The summed E-state index contributed by atoms with van der Waals surface area (Å²) >= 11 is 0. The number of rotatable bonds is 0. The van der Waals surface area contributed by atoms with Gasteiger partial charge in [-0.2, -0.15) is 16.8 Å². The zero-order chi connectivity index (χ0) is 21.2. The topological polar surface area (TPSA) is 52.9 Å². The third-order valence-electron chi connectivity index (χ3n) is 5.14. The van der Waals surface area contributed by atoms with E-state index < -0.39 is 23.3 Å². The maximum atomic E-state index is 14.7. The first-order chi connectivity index (χ1) is 14.4. The highest BCUT2D eigenvalue weighted by molar-refractivity contribution is 6.21. The maximum absolute atomic E-state index is 14.7. The largest absolute Gasteiger partial charge is 0.207 e. The SMILES string of the molecule is [C-]#[N+]/N=c1/c2cc3c(cc2c2c(F)cc(F)cc12)c(=NC#N)c1cc(F)cc(F)c13. The van der Waals surface area contributed by atoms with Gasteiger partial charge >= 0.3 is 0 Å². The van der Waals surface area contributed by atoms with E-state index in [1.165, 1.54) is 12.1 Å². The molecule has 30 heavy (non-hydrogen) atoms. The number of nitriles is 1. The zero-order valence-electron chi connectivity index (χ0n) is 14.8. The van der Waals surface area contributed by atoms with Gasteiger partial charge in [-0.1, -0.05) is 0 Å². The van der Waals surface area contributed by atoms with E-state index in [1.54, 1.807) is 6.19 Å². The highest BCUT2D eigenvalue weighted by atomic mass is 19.1. The van der Waals surface area contributed by atoms with Crippen LogP contribution in [0.15, 0.2) is 46.5 Å². The Morgan fingerprint density at radius 1 is 0.700 bits per heavy atom. The average Bonchev–Trinajstić information content (AvgIpc) is 3.14. The Morgan fingerprint density at radius 3 is 1.70 bits per heavy atom. The molecule has 0 spiro atoms. The maximum Gasteiger partial charge on any atom is 0.206 e. The molecule has 0 heterocycles. The first-order valence-electron chi connectivity index (χ1n) is 8.54. The number of halogens is 4. The molecule has 5 aromatic carbocycles. The van der Waals surface area contributed by atoms with Gasteiger partial charge in [0.1, 0.15) is 23.3 Å². The van der Waals surface area contributed by atoms with Crippen LogP contribution in [-0.2, 0) is 0 Å². The van der Waals surface area contributed by atoms with E-state index in [0.717, 1.165) is 12.1 Å². The molecule has 0 fully saturated rings. The van der Waals surface area contributed by atoms with Gasteiger partial charge < -0.3 is 0 Å². The summed E-state index contributed by atoms with van der Waals surface area (Å²) in [4.78, 5) is 6.71. The lowest BCUT2D eigenvalue weighted by Crippen LogP contribution is -1.99. The van der Waals surface area contributed by atoms with Crippen LogP contribution in [0.5, 0.6) is 0 Å². The van der Waals surface area contributed by atoms with Gasteiger partial charge in [-0.3, -0.25) is 0 Å². The second-order valence-electron chi connectivity index (χ2n) is 6.67. The second kappa shape index (κ2) is 6.10. The minimum absolute atomic E-state index is 0.0352. The van der Waals surface area contributed by atoms with Crippen LogP contribution in [0.4, 0.5) is 17.6 Å². The van der Waals surface area contributed by atoms with Crippen molar-refractivity contribution in [1.29, 1.82) is 5.26 Å². The molecule has 0 N–H and O–H groups in total. The van der Waals surface area contributed by atoms with E-state index in [9.17, 15) is 17.6 Å². The zero-order valence-corrected chi connectivity index (χ0v) is 14.8. The van der Waals surface area contributed by atoms with Gasteiger partial charge in [0.05, 0.1) is 10.5 Å². The van der Waals surface area contributed by atoms with Crippen LogP contribution in [0, 0.1) is 41.3 Å². The van der Waals surface area contributed by atoms with E-state index in [1.807, 2.05) is 0 Å². The molecule has 0 aliphatic carbocycles. The monoisotopic (exact) mass is 402 g/mol. The lowest BCUT2D eigenvalue weighted by molar-refractivity contribution is 0.592. The third-order valence-corrected chi connectivity index (χ3v) is 5.14. The fourth-order valence-corrected chi connectivity index (χ4v) is 4.09. The summed E-state index contributed by atoms with van der Waals surface area (Å²) in [7, 11) is 0. The summed E-state index contributed by atoms with van der Waals surface area (Å²) < 4.78 is 57.0. The smallest absolute Gasteiger partial charge is 0.206 e. The quantitative estimate of drug-likeness (QED) is 0.158. The molecule has 142 valence electrons. The standard InChI is InChI=1S/C22H6F4N4/c1-28-30-22-14-7-11-13(6-12(14)20-16(22)3-10(24)5-18(20)26)21(29-8-27)15-2-9(23)4-17(25)19(11)15/h2-7H/b29-21?,30-22-. The molecule has 5 aromatic rings. The molecule has 0 saturated heterocycles. The molecule has 0 atom stereocenters. The van der Waals surface area contributed by atoms with Crippen molar-refractivity contribution in [2.75, 3.05) is 0 Å². The molecule has 0 aliphatic rings. The summed E-state index contributed by atoms with van der Waals surface area (Å²) in [5.74, 6) is -3.37. The third kappa shape index (κ3) is 2.25. The number of benzene rings is 3. The van der Waals surface area contributed by atoms with Crippen molar-refractivity contribution in [3.63, 3.8) is 0 Å². The fraction of sp³-hybridized carbons (Fsp3) is 0. The van der Waals surface area contributed by atoms with E-state index in [2.05, 4.69) is 15.0 Å². The Kier molecular flexibility index (Phi) is 3.61. The van der Waals surface area contributed by atoms with Crippen molar-refractivity contribution < 1.29 is 17.6 Å². The van der Waals surface area contributed by atoms with Crippen molar-refractivity contribution in [1.82, 2.24) is 0 Å². The molecule has 0 saturated carbocycles. The van der Waals surface area contributed by atoms with Crippen molar-refractivity contribution in [3.8, 4) is 6.19 Å². The summed E-state index contributed by atoms with van der Waals surface area (Å²) in [6.45, 7) is 7.07. The molecule has 0 unspecified atom stereocenters. The lowest BCUT2D eigenvalue weighted by Gasteiger charge is -1.98. The Labute approximate surface area is 164 Å². The predicted octanol–water partition coefficient (Wildman–Crippen LogP) is 4.85. The van der Waals surface area contributed by atoms with Gasteiger partial charge in [-0.25, -0.2) is 17.6 Å². The Morgan fingerprint density at radius 2 is 1.20 bits per heavy atom. The summed E-state index contributed by atoms with van der Waals surface area (Å²) in [6, 6.07) is 6.52. The van der Waals surface area contributed by atoms with E-state index in [-0.39, 0.29) is 32.3 Å². The fourth-order valence-electron chi connectivity index (χ4n) is 4.09. The van der Waals surface area contributed by atoms with Gasteiger partial charge in [0.2, 0.25) is 6.19 Å². The van der Waals surface area contributed by atoms with Gasteiger partial charge in [0.15, 0.2) is 5.36 Å². The van der Waals surface area contributed by atoms with Gasteiger partial charge in [-0.05, 0) is 35.0 Å². The summed E-state index contributed by atoms with van der Waals surface area (Å²) in [5, 5.41) is 14.3. The van der Waals surface area contributed by atoms with Crippen LogP contribution >= 0.6 is 0 Å². The Hall–Kier alpha value is -4.30. The van der Waals surface area contributed by atoms with Crippen LogP contribution in [-0.4, -0.2) is 0 Å². The molecule has 0 aliphatic heterocycles. The Balaban J connectivity index is 2.17. The molecule has 0 amide bonds. The van der Waals surface area contributed by atoms with Gasteiger partial charge in [0.25, 0.3) is 0 Å². The van der Waals surface area contributed by atoms with E-state index in [0.29, 0.717) is 33.7 Å². The van der Waals surface area contributed by atoms with E-state index in [4.69, 9.17) is 11.8 Å². The molecule has 8 heteroatoms. The number of hydrogen-bond donors (Lipinski definition) is 0. The second-order valence-corrected chi connectivity index (χ2v) is 6.67. The van der Waals surface area contributed by atoms with Crippen molar-refractivity contribution in [3.05, 3.63) is 81.9 Å². The van der Waals surface area contributed by atoms with Gasteiger partial charge in [-0.15, -0.1) is 4.95 Å². The number of hydrogen-bond acceptors (Lipinski definition) is 3. The van der Waals surface area contributed by atoms with E-state index >= 15 is 0 Å². The highest BCUT2D eigenvalue weighted by Crippen LogP contribution is 2.34. The first kappa shape index (κ1) is 17.8. The average molecular weight is 402 g/mol. The molecule has 0 aromatic heterocycles. The Bertz CT molecular complexity index is 1630. The molecule has 0 bridgehead atoms. The predicted molar refractivity (Wildman–Crippen MR) is 102 cm³/mol. The summed E-state index contributed by atoms with van der Waals surface area (Å²) in [6.07, 6.45) is 1.62. The minimum atomic E-state index is -0.856. The normalized spacial score (nSPS) is 13.0. The molecule has 5 rings (SSSR count). The van der Waals surface area contributed by atoms with Crippen molar-refractivity contribution in [2.24, 2.45) is 10.1 Å². The highest BCUT2D eigenvalue weighted by Gasteiger charge is 2.20. The van der Waals surface area contributed by atoms with Crippen LogP contribution in [0.2, 0.25) is 0 Å². The summed E-state index contributed by atoms with van der Waals surface area (Å²) in [5.41, 5.74) is 0. The van der Waals surface area contributed by atoms with Crippen LogP contribution in [0.1, 0.15) is 0 Å². The molecule has 4 nitrogen and oxygen atoms in total. The number of nitrogens with zero attached hydrogens (tertiary/aromatic N) is 4. The molecular formula is C22H6F4N4. The van der Waals surface area contributed by atoms with Gasteiger partial charge in [0, 0.05) is 44.5 Å². The first-order valence-corrected chi connectivity index (χ1v) is 8.54. The van der Waals surface area contributed by atoms with Crippen molar-refractivity contribution >= 4 is 43.1 Å². The lowest BCUT2D eigenvalue weighted by atomic mass is 10.1. The number of fused-ring (bicyclic) bond motifs is 6. The van der Waals surface area contributed by atoms with Crippen LogP contribution in [0.25, 0.3) is 48.0 Å². The molecular weight excluding hydrogens is 396 g/mol. The van der Waals surface area contributed by atoms with Crippen LogP contribution < -0.4 is 10.7 Å². The van der Waals surface area contributed by atoms with Crippen molar-refractivity contribution in [2.45, 2.75) is 0 Å². The van der Waals surface area contributed by atoms with Crippen LogP contribution in [0.3, 0.4) is 0 Å². The minimum Gasteiger partial charge on any atom is -0.207 e. The molecule has 0 radical (unpaired) electrons.